The molecule has 3 rings (SSSR count). The van der Waals surface area contributed by atoms with E-state index in [0.717, 1.165) is 6.92 Å². The number of aliphatic hydroxyl groups excluding tert-OH is 4. The number of primary amides is 1. The first-order chi connectivity index (χ1) is 49.6. The van der Waals surface area contributed by atoms with Crippen LogP contribution in [-0.2, 0) is 78.3 Å². The first-order valence-corrected chi connectivity index (χ1v) is 33.2. The quantitative estimate of drug-likeness (QED) is 0.0166. The van der Waals surface area contributed by atoms with Crippen LogP contribution in [0.5, 0.6) is 0 Å². The Bertz CT molecular complexity index is 3330. The zero-order chi connectivity index (χ0) is 82.1. The van der Waals surface area contributed by atoms with E-state index < -0.39 is 205 Å². The van der Waals surface area contributed by atoms with E-state index >= 15 is 4.79 Å². The number of carboxylic acids is 2. The highest BCUT2D eigenvalue weighted by Crippen LogP contribution is 2.25. The van der Waals surface area contributed by atoms with E-state index in [4.69, 9.17) is 47.5 Å². The van der Waals surface area contributed by atoms with Gasteiger partial charge in [-0.25, -0.2) is 14.4 Å². The Kier molecular flexibility index (Phi) is 40.0. The smallest absolute Gasteiger partial charge is 0.475 e. The summed E-state index contributed by atoms with van der Waals surface area (Å²) >= 11 is 0. The molecule has 1 aliphatic heterocycles. The third-order valence-corrected chi connectivity index (χ3v) is 15.5. The third-order valence-electron chi connectivity index (χ3n) is 15.5. The summed E-state index contributed by atoms with van der Waals surface area (Å²) in [6, 6.07) is -2.25. The van der Waals surface area contributed by atoms with Crippen LogP contribution < -0.4 is 76.1 Å². The number of nitrogens with two attached hydrogens (primary N) is 4. The zero-order valence-electron chi connectivity index (χ0n) is 59.9. The van der Waals surface area contributed by atoms with E-state index in [-0.39, 0.29) is 68.4 Å². The molecule has 1 aliphatic rings. The number of cyclic esters (lactones) is 1. The molecule has 0 bridgehead atoms. The molecule has 42 heteroatoms. The molecule has 11 amide bonds. The molecule has 24 N–H and O–H groups in total. The minimum absolute atomic E-state index is 0.0388. The lowest BCUT2D eigenvalue weighted by Gasteiger charge is -2.33. The SMILES string of the molecule is CC[C@H](C)C1NC(=O)[C@@H](CCCN=C(N)N)NC(=O)[C@H](CC(C)C)NC(=O)[C@H]([C@H](O)C(C)C)NC(=O)[C@@H](NC(=O)[C@H](CC(C)C)NC(=O)[C@H](N)Cc2ccccc2)[C@@H](c2ccccc2)OC(=O)[C@H](CO)NC(=O)[C@H]([C@H](O)C(N)=O)NC(=O)CNC(=O)C([C@H](C)O)NC1=O.O=C(O)C(F)(F)F.O=C(O)C(F)(F)F. The average Bonchev–Trinajstić information content (AvgIpc) is 0.814. The van der Waals surface area contributed by atoms with Crippen LogP contribution in [0, 0.1) is 23.7 Å². The number of hydrogen-bond acceptors (Lipinski definition) is 21. The van der Waals surface area contributed by atoms with Crippen molar-refractivity contribution in [2.45, 2.75) is 198 Å². The van der Waals surface area contributed by atoms with Gasteiger partial charge in [-0.05, 0) is 73.8 Å². The van der Waals surface area contributed by atoms with Crippen LogP contribution in [0.1, 0.15) is 112 Å². The summed E-state index contributed by atoms with van der Waals surface area (Å²) in [6.07, 6.45) is -18.4. The summed E-state index contributed by atoms with van der Waals surface area (Å²) in [5.74, 6) is -22.8. The maximum atomic E-state index is 15.4. The number of carboxylic acid groups (broad SMARTS) is 2. The lowest BCUT2D eigenvalue weighted by molar-refractivity contribution is -0.193. The van der Waals surface area contributed by atoms with Crippen LogP contribution >= 0.6 is 0 Å². The molecule has 0 aliphatic carbocycles. The van der Waals surface area contributed by atoms with Crippen molar-refractivity contribution in [3.05, 3.63) is 71.8 Å². The summed E-state index contributed by atoms with van der Waals surface area (Å²) in [5, 5.41) is 82.5. The average molecular weight is 1540 g/mol. The molecule has 107 heavy (non-hydrogen) atoms. The van der Waals surface area contributed by atoms with Gasteiger partial charge in [-0.1, -0.05) is 122 Å². The van der Waals surface area contributed by atoms with Crippen molar-refractivity contribution in [1.29, 1.82) is 0 Å². The van der Waals surface area contributed by atoms with Crippen LogP contribution in [0.25, 0.3) is 0 Å². The number of nitrogens with zero attached hydrogens (tertiary/aromatic N) is 1. The minimum atomic E-state index is -5.08. The predicted octanol–water partition coefficient (Wildman–Crippen LogP) is -3.97. The van der Waals surface area contributed by atoms with Gasteiger partial charge in [-0.3, -0.25) is 57.7 Å². The van der Waals surface area contributed by atoms with Crippen molar-refractivity contribution in [2.24, 2.45) is 51.6 Å². The topological polar surface area (TPSA) is 606 Å². The van der Waals surface area contributed by atoms with Crippen LogP contribution in [0.3, 0.4) is 0 Å². The summed E-state index contributed by atoms with van der Waals surface area (Å²) in [4.78, 5) is 192. The molecular weight excluding hydrogens is 1440 g/mol. The maximum absolute atomic E-state index is 15.4. The number of ether oxygens (including phenoxy) is 1. The number of rotatable bonds is 23. The number of aliphatic carboxylic acids is 2. The molecule has 2 aromatic rings. The Labute approximate surface area is 610 Å². The van der Waals surface area contributed by atoms with Crippen molar-refractivity contribution < 1.29 is 129 Å². The van der Waals surface area contributed by atoms with Gasteiger partial charge in [-0.15, -0.1) is 0 Å². The number of hydrogen-bond donors (Lipinski definition) is 20. The highest BCUT2D eigenvalue weighted by atomic mass is 19.4. The van der Waals surface area contributed by atoms with Gasteiger partial charge < -0.3 is 111 Å². The molecule has 1 heterocycles. The molecule has 0 radical (unpaired) electrons. The Morgan fingerprint density at radius 1 is 0.617 bits per heavy atom. The van der Waals surface area contributed by atoms with Gasteiger partial charge in [0.1, 0.15) is 48.3 Å². The summed E-state index contributed by atoms with van der Waals surface area (Å²) in [7, 11) is 0. The molecule has 2 aromatic carbocycles. The Morgan fingerprint density at radius 2 is 1.10 bits per heavy atom. The monoisotopic (exact) mass is 1540 g/mol. The maximum Gasteiger partial charge on any atom is 0.490 e. The van der Waals surface area contributed by atoms with E-state index in [0.29, 0.717) is 5.56 Å². The number of esters is 1. The third kappa shape index (κ3) is 33.8. The molecule has 600 valence electrons. The summed E-state index contributed by atoms with van der Waals surface area (Å²) < 4.78 is 69.4. The normalized spacial score (nSPS) is 22.5. The highest BCUT2D eigenvalue weighted by Gasteiger charge is 2.45. The van der Waals surface area contributed by atoms with Gasteiger partial charge in [0.25, 0.3) is 0 Å². The van der Waals surface area contributed by atoms with Crippen molar-refractivity contribution in [3.63, 3.8) is 0 Å². The summed E-state index contributed by atoms with van der Waals surface area (Å²) in [5.41, 5.74) is 23.4. The molecule has 1 fully saturated rings. The van der Waals surface area contributed by atoms with Crippen molar-refractivity contribution in [3.8, 4) is 0 Å². The number of guanidine groups is 1. The van der Waals surface area contributed by atoms with Crippen molar-refractivity contribution >= 4 is 88.8 Å². The number of carbonyl (C=O) groups is 14. The number of benzene rings is 2. The number of carbonyl (C=O) groups excluding carboxylic acids is 12. The second kappa shape index (κ2) is 45.2. The van der Waals surface area contributed by atoms with Gasteiger partial charge in [0.15, 0.2) is 24.2 Å². The van der Waals surface area contributed by atoms with Gasteiger partial charge in [0, 0.05) is 6.54 Å². The zero-order valence-corrected chi connectivity index (χ0v) is 59.9. The van der Waals surface area contributed by atoms with Crippen molar-refractivity contribution in [1.82, 2.24) is 53.2 Å². The largest absolute Gasteiger partial charge is 0.490 e. The van der Waals surface area contributed by atoms with Crippen LogP contribution in [0.2, 0.25) is 0 Å². The number of halogens is 6. The van der Waals surface area contributed by atoms with E-state index in [2.05, 4.69) is 47.5 Å². The Morgan fingerprint density at radius 3 is 1.58 bits per heavy atom. The first-order valence-electron chi connectivity index (χ1n) is 33.2. The van der Waals surface area contributed by atoms with E-state index in [1.807, 2.05) is 10.6 Å². The molecule has 0 aromatic heterocycles. The van der Waals surface area contributed by atoms with Crippen LogP contribution in [0.4, 0.5) is 26.3 Å². The van der Waals surface area contributed by atoms with Gasteiger partial charge in [-0.2, -0.15) is 26.3 Å². The molecule has 0 spiro atoms. The lowest BCUT2D eigenvalue weighted by atomic mass is 9.95. The fraction of sp³-hybridized carbons (Fsp3) is 0.585. The van der Waals surface area contributed by atoms with Crippen molar-refractivity contribution in [2.75, 3.05) is 19.7 Å². The van der Waals surface area contributed by atoms with E-state index in [9.17, 15) is 99.5 Å². The molecule has 15 atom stereocenters. The molecule has 0 saturated carbocycles. The molecule has 1 saturated heterocycles. The fourth-order valence-electron chi connectivity index (χ4n) is 9.60. The first kappa shape index (κ1) is 94.7. The number of aliphatic imine (C=N–C) groups is 1. The van der Waals surface area contributed by atoms with Gasteiger partial charge in [0.2, 0.25) is 65.0 Å². The Hall–Kier alpha value is -10.3. The van der Waals surface area contributed by atoms with E-state index in [1.165, 1.54) is 44.2 Å². The second-order valence-electron chi connectivity index (χ2n) is 25.7. The summed E-state index contributed by atoms with van der Waals surface area (Å²) in [6.45, 7) is 11.7. The number of aliphatic hydroxyl groups is 4. The number of amides is 11. The van der Waals surface area contributed by atoms with E-state index in [1.54, 1.807) is 71.9 Å². The molecular formula is C65H97F6N15O21. The number of nitrogens with one attached hydrogen (secondary N) is 10. The fourth-order valence-corrected chi connectivity index (χ4v) is 9.60. The van der Waals surface area contributed by atoms with Crippen LogP contribution in [0.15, 0.2) is 65.7 Å². The van der Waals surface area contributed by atoms with Gasteiger partial charge in [0.05, 0.1) is 31.4 Å². The minimum Gasteiger partial charge on any atom is -0.475 e. The van der Waals surface area contributed by atoms with Crippen LogP contribution in [-0.4, -0.2) is 230 Å². The highest BCUT2D eigenvalue weighted by molar-refractivity contribution is 6.00. The number of alkyl halides is 6. The predicted molar refractivity (Wildman–Crippen MR) is 364 cm³/mol. The molecule has 2 unspecified atom stereocenters. The standard InChI is InChI=1S/C61H95N15O17.2C2HF3O2/c1-10-32(8)42-56(88)74-43(33(9)78)55(87)67-27-41(79)72-45(48(81)50(63)82)58(90)71-40(28-77)60(92)93-49(35-20-15-12-16-21-35)46(76-54(86)39(25-30(4)5)69-51(83)36(62)26-34-18-13-11-14-19-34)59(91)75-44(47(80)31(6)7)57(89)70-38(24-29(2)3)53(85)68-37(52(84)73-42)22-17-23-66-61(64)65;2*3-2(4,5)1(6)7/h11-16,18-21,29-33,36-40,42-49,77-78,80-81H,10,17,22-28,62H2,1-9H3,(H2,63,82)(H,67,87)(H,68,85)(H,69,83)(H,70,89)(H,71,90)(H,72,79)(H,73,84)(H,74,88)(H,75,91)(H,76,86)(H4,64,65,66);2*(H,6,7)/t32-,33-,36+,37+,38-,39-,40-,42?,43?,44-,45-,46-,47+,48-,49+;;/m0../s1. The molecule has 36 nitrogen and oxygen atoms in total. The van der Waals surface area contributed by atoms with Gasteiger partial charge >= 0.3 is 30.3 Å². The Balaban J connectivity index is 0.00000369. The lowest BCUT2D eigenvalue weighted by Crippen LogP contribution is -2.64. The second-order valence-corrected chi connectivity index (χ2v) is 25.7.